The molecular formula is C43H48F3N5O5. The molecule has 7 rings (SSSR count). The molecule has 0 spiro atoms. The Morgan fingerprint density at radius 2 is 1.57 bits per heavy atom. The maximum atomic E-state index is 14.6. The van der Waals surface area contributed by atoms with Crippen molar-refractivity contribution in [1.29, 1.82) is 0 Å². The normalized spacial score (nSPS) is 22.9. The molecule has 0 radical (unpaired) electrons. The SMILES string of the molecule is CN(Cc1cccc(C(F)(F)F)c1)C(=O)C(CC(=O)N1CCC(N2CCCCC2)CC1)N1C(=O)C(N2C(=O)OCC2c2ccccc2)C1/C=C/c1ccccc1. The molecule has 3 aromatic rings. The molecule has 3 aromatic carbocycles. The Kier molecular flexibility index (Phi) is 11.8. The molecule has 4 aliphatic rings. The van der Waals surface area contributed by atoms with Crippen LogP contribution in [0, 0.1) is 0 Å². The van der Waals surface area contributed by atoms with E-state index in [4.69, 9.17) is 4.74 Å². The van der Waals surface area contributed by atoms with Gasteiger partial charge in [-0.05, 0) is 67.6 Å². The van der Waals surface area contributed by atoms with Crippen LogP contribution in [-0.2, 0) is 31.8 Å². The summed E-state index contributed by atoms with van der Waals surface area (Å²) in [5, 5.41) is 0. The predicted molar refractivity (Wildman–Crippen MR) is 204 cm³/mol. The Hall–Kier alpha value is -5.17. The third kappa shape index (κ3) is 8.47. The van der Waals surface area contributed by atoms with Crippen LogP contribution >= 0.6 is 0 Å². The first-order valence-electron chi connectivity index (χ1n) is 19.5. The second kappa shape index (κ2) is 16.9. The largest absolute Gasteiger partial charge is 0.447 e. The van der Waals surface area contributed by atoms with Crippen LogP contribution in [-0.4, -0.2) is 112 Å². The Labute approximate surface area is 325 Å². The van der Waals surface area contributed by atoms with E-state index in [1.165, 1.54) is 53.1 Å². The molecule has 4 unspecified atom stereocenters. The smallest absolute Gasteiger partial charge is 0.416 e. The number of rotatable bonds is 11. The molecule has 4 aliphatic heterocycles. The van der Waals surface area contributed by atoms with Crippen molar-refractivity contribution in [2.45, 2.75) is 81.5 Å². The van der Waals surface area contributed by atoms with Gasteiger partial charge in [0.15, 0.2) is 0 Å². The molecule has 56 heavy (non-hydrogen) atoms. The third-order valence-corrected chi connectivity index (χ3v) is 11.6. The number of likely N-dealkylation sites (tertiary alicyclic amines) is 3. The molecule has 0 saturated carbocycles. The molecule has 0 bridgehead atoms. The van der Waals surface area contributed by atoms with Gasteiger partial charge in [-0.1, -0.05) is 91.4 Å². The zero-order valence-electron chi connectivity index (χ0n) is 31.5. The molecule has 4 saturated heterocycles. The molecule has 4 atom stereocenters. The number of carbonyl (C=O) groups excluding carboxylic acids is 4. The number of alkyl halides is 3. The highest BCUT2D eigenvalue weighted by Gasteiger charge is 2.58. The molecule has 10 nitrogen and oxygen atoms in total. The van der Waals surface area contributed by atoms with E-state index in [-0.39, 0.29) is 31.0 Å². The number of cyclic esters (lactones) is 1. The van der Waals surface area contributed by atoms with Crippen molar-refractivity contribution in [3.8, 4) is 0 Å². The highest BCUT2D eigenvalue weighted by molar-refractivity contribution is 5.99. The van der Waals surface area contributed by atoms with Gasteiger partial charge in [-0.15, -0.1) is 0 Å². The number of β-lactam (4-membered cyclic amide) rings is 1. The number of nitrogens with zero attached hydrogens (tertiary/aromatic N) is 5. The second-order valence-electron chi connectivity index (χ2n) is 15.2. The number of amides is 4. The lowest BCUT2D eigenvalue weighted by Gasteiger charge is -2.52. The van der Waals surface area contributed by atoms with Gasteiger partial charge in [-0.2, -0.15) is 13.2 Å². The molecule has 0 N–H and O–H groups in total. The predicted octanol–water partition coefficient (Wildman–Crippen LogP) is 6.39. The summed E-state index contributed by atoms with van der Waals surface area (Å²) in [6.45, 7) is 3.01. The van der Waals surface area contributed by atoms with Crippen molar-refractivity contribution < 1.29 is 37.1 Å². The lowest BCUT2D eigenvalue weighted by molar-refractivity contribution is -0.167. The molecule has 13 heteroatoms. The molecule has 4 heterocycles. The number of piperidine rings is 2. The van der Waals surface area contributed by atoms with Gasteiger partial charge in [0.1, 0.15) is 18.7 Å². The van der Waals surface area contributed by atoms with Crippen LogP contribution in [0.1, 0.15) is 66.8 Å². The number of carbonyl (C=O) groups is 4. The van der Waals surface area contributed by atoms with Crippen molar-refractivity contribution in [1.82, 2.24) is 24.5 Å². The van der Waals surface area contributed by atoms with Crippen molar-refractivity contribution in [2.75, 3.05) is 39.8 Å². The maximum Gasteiger partial charge on any atom is 0.416 e. The summed E-state index contributed by atoms with van der Waals surface area (Å²) in [7, 11) is 1.46. The second-order valence-corrected chi connectivity index (χ2v) is 15.2. The van der Waals surface area contributed by atoms with Gasteiger partial charge in [0.2, 0.25) is 17.7 Å². The monoisotopic (exact) mass is 771 g/mol. The average molecular weight is 772 g/mol. The minimum Gasteiger partial charge on any atom is -0.447 e. The van der Waals surface area contributed by atoms with Crippen LogP contribution in [0.4, 0.5) is 18.0 Å². The van der Waals surface area contributed by atoms with E-state index in [1.54, 1.807) is 11.0 Å². The van der Waals surface area contributed by atoms with Gasteiger partial charge in [-0.3, -0.25) is 19.3 Å². The summed E-state index contributed by atoms with van der Waals surface area (Å²) in [6.07, 6.45) is 3.23. The Balaban J connectivity index is 1.19. The van der Waals surface area contributed by atoms with Crippen LogP contribution in [0.3, 0.4) is 0 Å². The first kappa shape index (κ1) is 39.1. The Morgan fingerprint density at radius 3 is 2.25 bits per heavy atom. The zero-order chi connectivity index (χ0) is 39.4. The van der Waals surface area contributed by atoms with Crippen LogP contribution in [0.2, 0.25) is 0 Å². The number of benzene rings is 3. The van der Waals surface area contributed by atoms with Crippen molar-refractivity contribution in [3.05, 3.63) is 113 Å². The zero-order valence-corrected chi connectivity index (χ0v) is 31.5. The summed E-state index contributed by atoms with van der Waals surface area (Å²) in [4.78, 5) is 65.1. The molecule has 0 aliphatic carbocycles. The first-order valence-corrected chi connectivity index (χ1v) is 19.5. The molecule has 4 fully saturated rings. The van der Waals surface area contributed by atoms with E-state index in [0.29, 0.717) is 19.1 Å². The number of likely N-dealkylation sites (N-methyl/N-ethyl adjacent to an activating group) is 1. The van der Waals surface area contributed by atoms with E-state index in [1.807, 2.05) is 66.7 Å². The van der Waals surface area contributed by atoms with E-state index in [9.17, 15) is 32.3 Å². The minimum atomic E-state index is -4.57. The number of halogens is 3. The summed E-state index contributed by atoms with van der Waals surface area (Å²) in [5.74, 6) is -1.39. The summed E-state index contributed by atoms with van der Waals surface area (Å²) >= 11 is 0. The quantitative estimate of drug-likeness (QED) is 0.210. The van der Waals surface area contributed by atoms with Gasteiger partial charge in [0, 0.05) is 32.7 Å². The van der Waals surface area contributed by atoms with Gasteiger partial charge in [-0.25, -0.2) is 4.79 Å². The van der Waals surface area contributed by atoms with E-state index in [0.717, 1.165) is 49.2 Å². The molecule has 296 valence electrons. The van der Waals surface area contributed by atoms with E-state index >= 15 is 0 Å². The summed E-state index contributed by atoms with van der Waals surface area (Å²) in [5.41, 5.74) is 1.02. The van der Waals surface area contributed by atoms with Crippen LogP contribution in [0.15, 0.2) is 91.0 Å². The van der Waals surface area contributed by atoms with Gasteiger partial charge in [0.05, 0.1) is 24.1 Å². The van der Waals surface area contributed by atoms with Crippen LogP contribution in [0.25, 0.3) is 6.08 Å². The minimum absolute atomic E-state index is 0.0374. The van der Waals surface area contributed by atoms with Gasteiger partial charge < -0.3 is 24.3 Å². The van der Waals surface area contributed by atoms with E-state index in [2.05, 4.69) is 4.90 Å². The third-order valence-electron chi connectivity index (χ3n) is 11.6. The number of hydrogen-bond donors (Lipinski definition) is 0. The topological polar surface area (TPSA) is 93.7 Å². The standard InChI is InChI=1S/C43H48F3N5O5/c1-47(28-31-14-11-17-33(26-31)43(44,45)46)40(53)36(27-38(52)49-24-20-34(21-25-49)48-22-9-4-10-23-48)50-35(19-18-30-12-5-2-6-13-30)39(41(50)54)51-37(29-56-42(51)55)32-15-7-3-8-16-32/h2-3,5-8,11-19,26,34-37,39H,4,9-10,20-25,27-29H2,1H3/b19-18+. The van der Waals surface area contributed by atoms with Crippen molar-refractivity contribution >= 4 is 29.9 Å². The Morgan fingerprint density at radius 1 is 0.893 bits per heavy atom. The lowest BCUT2D eigenvalue weighted by atomic mass is 9.87. The molecular weight excluding hydrogens is 723 g/mol. The first-order chi connectivity index (χ1) is 27.0. The average Bonchev–Trinajstić information content (AvgIpc) is 3.59. The highest BCUT2D eigenvalue weighted by Crippen LogP contribution is 2.39. The maximum absolute atomic E-state index is 14.6. The molecule has 4 amide bonds. The number of ether oxygens (including phenoxy) is 1. The molecule has 0 aromatic heterocycles. The van der Waals surface area contributed by atoms with Gasteiger partial charge >= 0.3 is 12.3 Å². The van der Waals surface area contributed by atoms with Crippen molar-refractivity contribution in [2.24, 2.45) is 0 Å². The van der Waals surface area contributed by atoms with Crippen LogP contribution in [0.5, 0.6) is 0 Å². The fourth-order valence-corrected chi connectivity index (χ4v) is 8.62. The van der Waals surface area contributed by atoms with E-state index < -0.39 is 53.8 Å². The van der Waals surface area contributed by atoms with Crippen LogP contribution < -0.4 is 0 Å². The fourth-order valence-electron chi connectivity index (χ4n) is 8.62. The highest BCUT2D eigenvalue weighted by atomic mass is 19.4. The summed E-state index contributed by atoms with van der Waals surface area (Å²) < 4.78 is 46.3. The lowest BCUT2D eigenvalue weighted by Crippen LogP contribution is -2.74. The number of hydrogen-bond acceptors (Lipinski definition) is 6. The Bertz CT molecular complexity index is 1900. The van der Waals surface area contributed by atoms with Gasteiger partial charge in [0.25, 0.3) is 0 Å². The fraction of sp³-hybridized carbons (Fsp3) is 0.442. The van der Waals surface area contributed by atoms with Crippen molar-refractivity contribution in [3.63, 3.8) is 0 Å². The summed E-state index contributed by atoms with van der Waals surface area (Å²) in [6, 6.07) is 20.1.